The van der Waals surface area contributed by atoms with E-state index in [9.17, 15) is 9.59 Å². The third-order valence-electron chi connectivity index (χ3n) is 3.51. The van der Waals surface area contributed by atoms with Crippen LogP contribution in [0, 0.1) is 0 Å². The van der Waals surface area contributed by atoms with Gasteiger partial charge in [0.2, 0.25) is 5.91 Å². The Kier molecular flexibility index (Phi) is 6.89. The molecule has 128 valence electrons. The highest BCUT2D eigenvalue weighted by molar-refractivity contribution is 5.91. The van der Waals surface area contributed by atoms with Gasteiger partial charge in [-0.2, -0.15) is 0 Å². The molecule has 1 aromatic heterocycles. The molecule has 6 heteroatoms. The van der Waals surface area contributed by atoms with Crippen molar-refractivity contribution in [1.82, 2.24) is 10.6 Å². The third kappa shape index (κ3) is 5.79. The predicted molar refractivity (Wildman–Crippen MR) is 90.0 cm³/mol. The molecule has 0 bridgehead atoms. The van der Waals surface area contributed by atoms with Crippen LogP contribution in [0.15, 0.2) is 47.1 Å². The molecule has 2 N–H and O–H groups in total. The summed E-state index contributed by atoms with van der Waals surface area (Å²) in [5.41, 5.74) is 1.14. The van der Waals surface area contributed by atoms with Gasteiger partial charge in [-0.15, -0.1) is 0 Å². The average Bonchev–Trinajstić information content (AvgIpc) is 3.14. The van der Waals surface area contributed by atoms with E-state index in [0.29, 0.717) is 25.9 Å². The van der Waals surface area contributed by atoms with Gasteiger partial charge in [-0.3, -0.25) is 9.59 Å². The van der Waals surface area contributed by atoms with E-state index in [1.165, 1.54) is 6.26 Å². The Hall–Kier alpha value is -2.76. The van der Waals surface area contributed by atoms with Crippen molar-refractivity contribution in [1.29, 1.82) is 0 Å². The van der Waals surface area contributed by atoms with Gasteiger partial charge in [-0.25, -0.2) is 0 Å². The largest absolute Gasteiger partial charge is 0.497 e. The minimum atomic E-state index is -0.264. The number of carbonyl (C=O) groups is 2. The molecule has 2 rings (SSSR count). The minimum absolute atomic E-state index is 0.0178. The second kappa shape index (κ2) is 9.39. The highest BCUT2D eigenvalue weighted by Gasteiger charge is 2.07. The maximum Gasteiger partial charge on any atom is 0.286 e. The van der Waals surface area contributed by atoms with E-state index in [2.05, 4.69) is 10.6 Å². The van der Waals surface area contributed by atoms with E-state index in [4.69, 9.17) is 9.15 Å². The van der Waals surface area contributed by atoms with E-state index >= 15 is 0 Å². The van der Waals surface area contributed by atoms with Gasteiger partial charge in [0.25, 0.3) is 5.91 Å². The van der Waals surface area contributed by atoms with Gasteiger partial charge in [-0.05, 0) is 42.7 Å². The summed E-state index contributed by atoms with van der Waals surface area (Å²) in [6.07, 6.45) is 3.18. The number of hydrogen-bond donors (Lipinski definition) is 2. The maximum absolute atomic E-state index is 11.7. The normalized spacial score (nSPS) is 10.2. The monoisotopic (exact) mass is 330 g/mol. The summed E-state index contributed by atoms with van der Waals surface area (Å²) < 4.78 is 10.1. The molecule has 0 aliphatic rings. The third-order valence-corrected chi connectivity index (χ3v) is 3.51. The van der Waals surface area contributed by atoms with Crippen LogP contribution in [0.1, 0.15) is 29.0 Å². The topological polar surface area (TPSA) is 80.6 Å². The summed E-state index contributed by atoms with van der Waals surface area (Å²) in [4.78, 5) is 23.4. The summed E-state index contributed by atoms with van der Waals surface area (Å²) in [6, 6.07) is 11.0. The van der Waals surface area contributed by atoms with E-state index in [-0.39, 0.29) is 17.6 Å². The zero-order chi connectivity index (χ0) is 17.2. The lowest BCUT2D eigenvalue weighted by molar-refractivity contribution is -0.121. The maximum atomic E-state index is 11.7. The SMILES string of the molecule is COc1ccc(CCNC(=O)CCCNC(=O)c2ccco2)cc1. The van der Waals surface area contributed by atoms with Crippen LogP contribution < -0.4 is 15.4 Å². The summed E-state index contributed by atoms with van der Waals surface area (Å²) in [7, 11) is 1.63. The van der Waals surface area contributed by atoms with Crippen molar-refractivity contribution in [3.63, 3.8) is 0 Å². The van der Waals surface area contributed by atoms with Crippen LogP contribution >= 0.6 is 0 Å². The molecule has 0 aliphatic carbocycles. The smallest absolute Gasteiger partial charge is 0.286 e. The second-order valence-electron chi connectivity index (χ2n) is 5.28. The number of ether oxygens (including phenoxy) is 1. The Labute approximate surface area is 141 Å². The molecule has 6 nitrogen and oxygen atoms in total. The van der Waals surface area contributed by atoms with E-state index in [1.807, 2.05) is 24.3 Å². The molecule has 2 amide bonds. The summed E-state index contributed by atoms with van der Waals surface area (Å²) in [5.74, 6) is 0.814. The zero-order valence-electron chi connectivity index (χ0n) is 13.7. The first-order valence-corrected chi connectivity index (χ1v) is 7.90. The molecule has 0 unspecified atom stereocenters. The zero-order valence-corrected chi connectivity index (χ0v) is 13.7. The van der Waals surface area contributed by atoms with Crippen molar-refractivity contribution in [2.45, 2.75) is 19.3 Å². The molecule has 0 spiro atoms. The summed E-state index contributed by atoms with van der Waals surface area (Å²) in [6.45, 7) is 1.02. The standard InChI is InChI=1S/C18H22N2O4/c1-23-15-8-6-14(7-9-15)10-12-19-17(21)5-2-11-20-18(22)16-4-3-13-24-16/h3-4,6-9,13H,2,5,10-12H2,1H3,(H,19,21)(H,20,22). The molecule has 1 heterocycles. The average molecular weight is 330 g/mol. The van der Waals surface area contributed by atoms with E-state index in [1.54, 1.807) is 19.2 Å². The van der Waals surface area contributed by atoms with Crippen LogP contribution in [0.4, 0.5) is 0 Å². The van der Waals surface area contributed by atoms with Gasteiger partial charge in [0.15, 0.2) is 5.76 Å². The Morgan fingerprint density at radius 2 is 1.88 bits per heavy atom. The number of nitrogens with one attached hydrogen (secondary N) is 2. The molecular weight excluding hydrogens is 308 g/mol. The first-order valence-electron chi connectivity index (χ1n) is 7.90. The number of furan rings is 1. The molecule has 0 fully saturated rings. The molecular formula is C18H22N2O4. The fraction of sp³-hybridized carbons (Fsp3) is 0.333. The molecule has 24 heavy (non-hydrogen) atoms. The number of hydrogen-bond acceptors (Lipinski definition) is 4. The number of benzene rings is 1. The van der Waals surface area contributed by atoms with Crippen LogP contribution in [-0.4, -0.2) is 32.0 Å². The van der Waals surface area contributed by atoms with Crippen molar-refractivity contribution in [2.75, 3.05) is 20.2 Å². The van der Waals surface area contributed by atoms with Gasteiger partial charge >= 0.3 is 0 Å². The Morgan fingerprint density at radius 1 is 1.08 bits per heavy atom. The highest BCUT2D eigenvalue weighted by Crippen LogP contribution is 2.11. The van der Waals surface area contributed by atoms with Gasteiger partial charge in [0.05, 0.1) is 13.4 Å². The number of carbonyl (C=O) groups excluding carboxylic acids is 2. The summed E-state index contributed by atoms with van der Waals surface area (Å²) in [5, 5.41) is 5.58. The van der Waals surface area contributed by atoms with Gasteiger partial charge in [-0.1, -0.05) is 12.1 Å². The Morgan fingerprint density at radius 3 is 2.54 bits per heavy atom. The van der Waals surface area contributed by atoms with Gasteiger partial charge in [0.1, 0.15) is 5.75 Å². The van der Waals surface area contributed by atoms with E-state index < -0.39 is 0 Å². The quantitative estimate of drug-likeness (QED) is 0.691. The highest BCUT2D eigenvalue weighted by atomic mass is 16.5. The molecule has 0 atom stereocenters. The summed E-state index contributed by atoms with van der Waals surface area (Å²) >= 11 is 0. The van der Waals surface area contributed by atoms with Crippen LogP contribution in [0.3, 0.4) is 0 Å². The molecule has 1 aromatic carbocycles. The van der Waals surface area contributed by atoms with Crippen molar-refractivity contribution >= 4 is 11.8 Å². The Bertz CT molecular complexity index is 636. The van der Waals surface area contributed by atoms with Gasteiger partial charge < -0.3 is 19.8 Å². The fourth-order valence-electron chi connectivity index (χ4n) is 2.17. The van der Waals surface area contributed by atoms with Crippen molar-refractivity contribution in [3.05, 3.63) is 54.0 Å². The molecule has 0 radical (unpaired) electrons. The number of amides is 2. The van der Waals surface area contributed by atoms with Crippen LogP contribution in [-0.2, 0) is 11.2 Å². The number of rotatable bonds is 9. The predicted octanol–water partition coefficient (Wildman–Crippen LogP) is 2.16. The molecule has 0 aliphatic heterocycles. The van der Waals surface area contributed by atoms with Crippen LogP contribution in [0.25, 0.3) is 0 Å². The molecule has 2 aromatic rings. The van der Waals surface area contributed by atoms with Crippen LogP contribution in [0.2, 0.25) is 0 Å². The van der Waals surface area contributed by atoms with Crippen molar-refractivity contribution in [2.24, 2.45) is 0 Å². The second-order valence-corrected chi connectivity index (χ2v) is 5.28. The van der Waals surface area contributed by atoms with E-state index in [0.717, 1.165) is 17.7 Å². The lowest BCUT2D eigenvalue weighted by Crippen LogP contribution is -2.28. The lowest BCUT2D eigenvalue weighted by Gasteiger charge is -2.07. The van der Waals surface area contributed by atoms with Crippen molar-refractivity contribution in [3.8, 4) is 5.75 Å². The first kappa shape index (κ1) is 17.6. The molecule has 0 saturated heterocycles. The lowest BCUT2D eigenvalue weighted by atomic mass is 10.1. The fourth-order valence-corrected chi connectivity index (χ4v) is 2.17. The van der Waals surface area contributed by atoms with Crippen LogP contribution in [0.5, 0.6) is 5.75 Å². The number of methoxy groups -OCH3 is 1. The Balaban J connectivity index is 1.55. The first-order chi connectivity index (χ1) is 11.7. The molecule has 0 saturated carbocycles. The van der Waals surface area contributed by atoms with Gasteiger partial charge in [0, 0.05) is 19.5 Å². The van der Waals surface area contributed by atoms with Crippen molar-refractivity contribution < 1.29 is 18.7 Å². The minimum Gasteiger partial charge on any atom is -0.497 e.